The van der Waals surface area contributed by atoms with Crippen molar-refractivity contribution in [1.29, 1.82) is 0 Å². The number of ether oxygens (including phenoxy) is 1. The summed E-state index contributed by atoms with van der Waals surface area (Å²) in [7, 11) is 0. The minimum atomic E-state index is -0.924. The predicted octanol–water partition coefficient (Wildman–Crippen LogP) is 2.06. The summed E-state index contributed by atoms with van der Waals surface area (Å²) in [6, 6.07) is 3.30. The summed E-state index contributed by atoms with van der Waals surface area (Å²) in [6.07, 6.45) is 6.88. The Bertz CT molecular complexity index is 943. The van der Waals surface area contributed by atoms with E-state index in [9.17, 15) is 9.18 Å². The molecule has 1 aliphatic heterocycles. The number of aromatic nitrogens is 4. The second kappa shape index (κ2) is 6.00. The minimum Gasteiger partial charge on any atom is -0.405 e. The molecule has 25 heavy (non-hydrogen) atoms. The SMILES string of the molecule is NC(=O)Oc1cnn2ccc(N3CCC[C@@H]3c3cncc(F)c3)nc12. The lowest BCUT2D eigenvalue weighted by Crippen LogP contribution is -2.24. The summed E-state index contributed by atoms with van der Waals surface area (Å²) >= 11 is 0. The number of primary amides is 1. The molecule has 1 fully saturated rings. The van der Waals surface area contributed by atoms with E-state index in [4.69, 9.17) is 10.5 Å². The van der Waals surface area contributed by atoms with Crippen molar-refractivity contribution in [3.05, 3.63) is 48.3 Å². The summed E-state index contributed by atoms with van der Waals surface area (Å²) in [5.74, 6) is 0.521. The molecule has 8 nitrogen and oxygen atoms in total. The molecule has 1 atom stereocenters. The third-order valence-corrected chi connectivity index (χ3v) is 4.19. The van der Waals surface area contributed by atoms with Gasteiger partial charge in [-0.3, -0.25) is 4.98 Å². The van der Waals surface area contributed by atoms with E-state index in [1.807, 2.05) is 6.07 Å². The molecule has 0 saturated carbocycles. The number of nitrogens with zero attached hydrogens (tertiary/aromatic N) is 5. The van der Waals surface area contributed by atoms with Gasteiger partial charge in [0.2, 0.25) is 5.65 Å². The molecule has 1 amide bonds. The number of fused-ring (bicyclic) bond motifs is 1. The molecule has 0 aromatic carbocycles. The zero-order chi connectivity index (χ0) is 17.4. The van der Waals surface area contributed by atoms with Crippen molar-refractivity contribution in [3.63, 3.8) is 0 Å². The van der Waals surface area contributed by atoms with Gasteiger partial charge in [0, 0.05) is 18.9 Å². The Hall–Kier alpha value is -3.23. The fourth-order valence-electron chi connectivity index (χ4n) is 3.18. The molecular weight excluding hydrogens is 327 g/mol. The van der Waals surface area contributed by atoms with Gasteiger partial charge in [0.25, 0.3) is 0 Å². The van der Waals surface area contributed by atoms with Gasteiger partial charge in [0.1, 0.15) is 11.6 Å². The quantitative estimate of drug-likeness (QED) is 0.782. The lowest BCUT2D eigenvalue weighted by atomic mass is 10.1. The fraction of sp³-hybridized carbons (Fsp3) is 0.250. The Morgan fingerprint density at radius 3 is 3.04 bits per heavy atom. The summed E-state index contributed by atoms with van der Waals surface area (Å²) in [5, 5.41) is 4.07. The van der Waals surface area contributed by atoms with E-state index in [0.29, 0.717) is 11.5 Å². The number of hydrogen-bond donors (Lipinski definition) is 1. The van der Waals surface area contributed by atoms with Gasteiger partial charge in [-0.05, 0) is 30.5 Å². The first kappa shape index (κ1) is 15.3. The molecular formula is C16H15FN6O2. The van der Waals surface area contributed by atoms with Crippen LogP contribution in [0, 0.1) is 5.82 Å². The first-order valence-corrected chi connectivity index (χ1v) is 7.80. The number of amides is 1. The van der Waals surface area contributed by atoms with Crippen molar-refractivity contribution < 1.29 is 13.9 Å². The maximum absolute atomic E-state index is 13.5. The molecule has 128 valence electrons. The van der Waals surface area contributed by atoms with Gasteiger partial charge < -0.3 is 15.4 Å². The van der Waals surface area contributed by atoms with Gasteiger partial charge in [-0.25, -0.2) is 18.7 Å². The molecule has 3 aromatic heterocycles. The second-order valence-corrected chi connectivity index (χ2v) is 5.77. The maximum Gasteiger partial charge on any atom is 0.410 e. The molecule has 4 heterocycles. The number of pyridine rings is 1. The van der Waals surface area contributed by atoms with Crippen molar-refractivity contribution in [2.24, 2.45) is 5.73 Å². The van der Waals surface area contributed by atoms with E-state index in [-0.39, 0.29) is 17.6 Å². The van der Waals surface area contributed by atoms with E-state index in [1.165, 1.54) is 23.0 Å². The summed E-state index contributed by atoms with van der Waals surface area (Å²) in [4.78, 5) is 21.6. The normalized spacial score (nSPS) is 17.2. The maximum atomic E-state index is 13.5. The van der Waals surface area contributed by atoms with Crippen LogP contribution in [0.1, 0.15) is 24.4 Å². The Labute approximate surface area is 142 Å². The lowest BCUT2D eigenvalue weighted by Gasteiger charge is -2.25. The molecule has 0 unspecified atom stereocenters. The minimum absolute atomic E-state index is 0.0124. The Morgan fingerprint density at radius 2 is 2.24 bits per heavy atom. The number of hydrogen-bond acceptors (Lipinski definition) is 6. The number of anilines is 1. The molecule has 3 aromatic rings. The zero-order valence-electron chi connectivity index (χ0n) is 13.2. The Kier molecular flexibility index (Phi) is 3.68. The Morgan fingerprint density at radius 1 is 1.36 bits per heavy atom. The van der Waals surface area contributed by atoms with E-state index in [1.54, 1.807) is 12.4 Å². The van der Waals surface area contributed by atoms with E-state index in [2.05, 4.69) is 20.0 Å². The van der Waals surface area contributed by atoms with Crippen LogP contribution in [0.4, 0.5) is 15.0 Å². The highest BCUT2D eigenvalue weighted by Crippen LogP contribution is 2.35. The van der Waals surface area contributed by atoms with Crippen molar-refractivity contribution in [2.75, 3.05) is 11.4 Å². The van der Waals surface area contributed by atoms with Gasteiger partial charge in [-0.1, -0.05) is 0 Å². The monoisotopic (exact) mass is 342 g/mol. The Balaban J connectivity index is 1.71. The van der Waals surface area contributed by atoms with Crippen LogP contribution in [0.2, 0.25) is 0 Å². The average molecular weight is 342 g/mol. The highest BCUT2D eigenvalue weighted by atomic mass is 19.1. The van der Waals surface area contributed by atoms with Crippen LogP contribution >= 0.6 is 0 Å². The van der Waals surface area contributed by atoms with Crippen LogP contribution in [-0.4, -0.2) is 32.2 Å². The van der Waals surface area contributed by atoms with E-state index >= 15 is 0 Å². The van der Waals surface area contributed by atoms with Crippen molar-refractivity contribution in [2.45, 2.75) is 18.9 Å². The summed E-state index contributed by atoms with van der Waals surface area (Å²) in [6.45, 7) is 0.782. The van der Waals surface area contributed by atoms with Gasteiger partial charge in [0.15, 0.2) is 5.75 Å². The third-order valence-electron chi connectivity index (χ3n) is 4.19. The molecule has 0 spiro atoms. The van der Waals surface area contributed by atoms with Gasteiger partial charge in [0.05, 0.1) is 18.4 Å². The number of carbonyl (C=O) groups excluding carboxylic acids is 1. The van der Waals surface area contributed by atoms with Crippen molar-refractivity contribution in [3.8, 4) is 5.75 Å². The summed E-state index contributed by atoms with van der Waals surface area (Å²) in [5.41, 5.74) is 6.26. The largest absolute Gasteiger partial charge is 0.410 e. The zero-order valence-corrected chi connectivity index (χ0v) is 13.2. The van der Waals surface area contributed by atoms with E-state index in [0.717, 1.165) is 24.9 Å². The number of rotatable bonds is 3. The van der Waals surface area contributed by atoms with Crippen LogP contribution in [0.15, 0.2) is 36.9 Å². The van der Waals surface area contributed by atoms with Gasteiger partial charge in [-0.15, -0.1) is 0 Å². The molecule has 0 aliphatic carbocycles. The average Bonchev–Trinajstić information content (AvgIpc) is 3.21. The standard InChI is InChI=1S/C16H15FN6O2/c17-11-6-10(7-19-8-11)12-2-1-4-22(12)14-3-5-23-15(21-14)13(9-20-23)25-16(18)24/h3,5-9,12H,1-2,4H2,(H2,18,24)/t12-/m1/s1. The van der Waals surface area contributed by atoms with Crippen LogP contribution in [0.3, 0.4) is 0 Å². The highest BCUT2D eigenvalue weighted by molar-refractivity contribution is 5.71. The molecule has 2 N–H and O–H groups in total. The molecule has 0 radical (unpaired) electrons. The lowest BCUT2D eigenvalue weighted by molar-refractivity contribution is 0.211. The topological polar surface area (TPSA) is 98.6 Å². The van der Waals surface area contributed by atoms with Crippen LogP contribution in [-0.2, 0) is 0 Å². The molecule has 1 saturated heterocycles. The number of nitrogens with two attached hydrogens (primary N) is 1. The van der Waals surface area contributed by atoms with Crippen LogP contribution in [0.5, 0.6) is 5.75 Å². The van der Waals surface area contributed by atoms with E-state index < -0.39 is 6.09 Å². The summed E-state index contributed by atoms with van der Waals surface area (Å²) < 4.78 is 19.9. The molecule has 4 rings (SSSR count). The molecule has 1 aliphatic rings. The first-order valence-electron chi connectivity index (χ1n) is 7.80. The van der Waals surface area contributed by atoms with Crippen molar-refractivity contribution >= 4 is 17.6 Å². The predicted molar refractivity (Wildman–Crippen MR) is 86.7 cm³/mol. The molecule has 0 bridgehead atoms. The fourth-order valence-corrected chi connectivity index (χ4v) is 3.18. The molecule has 9 heteroatoms. The number of carbonyl (C=O) groups is 1. The highest BCUT2D eigenvalue weighted by Gasteiger charge is 2.28. The third kappa shape index (κ3) is 2.84. The van der Waals surface area contributed by atoms with Crippen LogP contribution in [0.25, 0.3) is 5.65 Å². The first-order chi connectivity index (χ1) is 12.1. The smallest absolute Gasteiger partial charge is 0.405 e. The van der Waals surface area contributed by atoms with Crippen LogP contribution < -0.4 is 15.4 Å². The van der Waals surface area contributed by atoms with Crippen molar-refractivity contribution in [1.82, 2.24) is 19.6 Å². The second-order valence-electron chi connectivity index (χ2n) is 5.77. The van der Waals surface area contributed by atoms with Gasteiger partial charge in [-0.2, -0.15) is 5.10 Å². The number of halogens is 1. The van der Waals surface area contributed by atoms with Gasteiger partial charge >= 0.3 is 6.09 Å².